The molecule has 1 aliphatic heterocycles. The van der Waals surface area contributed by atoms with E-state index < -0.39 is 6.04 Å². The molecule has 0 unspecified atom stereocenters. The van der Waals surface area contributed by atoms with Crippen molar-refractivity contribution in [3.05, 3.63) is 28.2 Å². The number of β-amino-alcohol motifs (C(OH)–C–C–N with tert-alkyl or cyclic N) is 1. The quantitative estimate of drug-likeness (QED) is 0.746. The highest BCUT2D eigenvalue weighted by molar-refractivity contribution is 6.35. The van der Waals surface area contributed by atoms with Crippen molar-refractivity contribution in [3.8, 4) is 0 Å². The summed E-state index contributed by atoms with van der Waals surface area (Å²) < 4.78 is 0. The number of nitrogens with one attached hydrogen (secondary N) is 2. The van der Waals surface area contributed by atoms with Crippen molar-refractivity contribution in [2.24, 2.45) is 0 Å². The third-order valence-electron chi connectivity index (χ3n) is 3.29. The van der Waals surface area contributed by atoms with Crippen LogP contribution in [0.1, 0.15) is 6.42 Å². The van der Waals surface area contributed by atoms with Crippen LogP contribution in [0.2, 0.25) is 10.0 Å². The molecule has 1 heterocycles. The van der Waals surface area contributed by atoms with Gasteiger partial charge >= 0.3 is 0 Å². The summed E-state index contributed by atoms with van der Waals surface area (Å²) in [6.45, 7) is 1.31. The minimum atomic E-state index is -0.588. The molecular weight excluding hydrogens is 329 g/mol. The third kappa shape index (κ3) is 4.58. The molecule has 0 saturated carbocycles. The maximum Gasteiger partial charge on any atom is 0.240 e. The molecule has 3 N–H and O–H groups in total. The van der Waals surface area contributed by atoms with Crippen LogP contribution in [0.25, 0.3) is 0 Å². The number of carbonyl (C=O) groups is 2. The first-order valence-corrected chi connectivity index (χ1v) is 7.64. The summed E-state index contributed by atoms with van der Waals surface area (Å²) in [5.74, 6) is -0.491. The van der Waals surface area contributed by atoms with Gasteiger partial charge in [-0.1, -0.05) is 23.2 Å². The van der Waals surface area contributed by atoms with Crippen molar-refractivity contribution < 1.29 is 14.7 Å². The number of benzene rings is 1. The maximum atomic E-state index is 12.1. The first kappa shape index (κ1) is 17.0. The number of piperazine rings is 1. The van der Waals surface area contributed by atoms with E-state index in [1.54, 1.807) is 23.1 Å². The average Bonchev–Trinajstić information content (AvgIpc) is 2.42. The molecule has 1 aromatic rings. The van der Waals surface area contributed by atoms with Crippen molar-refractivity contribution in [3.63, 3.8) is 0 Å². The Morgan fingerprint density at radius 3 is 2.68 bits per heavy atom. The van der Waals surface area contributed by atoms with Crippen molar-refractivity contribution in [1.29, 1.82) is 0 Å². The van der Waals surface area contributed by atoms with Crippen molar-refractivity contribution in [2.45, 2.75) is 12.5 Å². The van der Waals surface area contributed by atoms with E-state index in [0.29, 0.717) is 28.8 Å². The lowest BCUT2D eigenvalue weighted by atomic mass is 10.1. The fraction of sp³-hybridized carbons (Fsp3) is 0.429. The van der Waals surface area contributed by atoms with Gasteiger partial charge in [0.2, 0.25) is 11.8 Å². The van der Waals surface area contributed by atoms with Gasteiger partial charge < -0.3 is 20.6 Å². The maximum absolute atomic E-state index is 12.1. The van der Waals surface area contributed by atoms with Gasteiger partial charge in [0.25, 0.3) is 0 Å². The van der Waals surface area contributed by atoms with E-state index >= 15 is 0 Å². The lowest BCUT2D eigenvalue weighted by Gasteiger charge is -2.32. The van der Waals surface area contributed by atoms with Gasteiger partial charge in [-0.25, -0.2) is 0 Å². The van der Waals surface area contributed by atoms with Crippen molar-refractivity contribution >= 4 is 40.7 Å². The zero-order valence-electron chi connectivity index (χ0n) is 11.8. The molecule has 0 aromatic heterocycles. The van der Waals surface area contributed by atoms with Gasteiger partial charge in [0.05, 0.1) is 19.1 Å². The van der Waals surface area contributed by atoms with Gasteiger partial charge in [0.1, 0.15) is 0 Å². The van der Waals surface area contributed by atoms with Gasteiger partial charge in [0.15, 0.2) is 0 Å². The number of rotatable bonds is 5. The van der Waals surface area contributed by atoms with Crippen LogP contribution in [-0.4, -0.2) is 54.1 Å². The lowest BCUT2D eigenvalue weighted by molar-refractivity contribution is -0.138. The highest BCUT2D eigenvalue weighted by Gasteiger charge is 2.29. The molecule has 1 fully saturated rings. The third-order valence-corrected chi connectivity index (χ3v) is 3.72. The molecule has 22 heavy (non-hydrogen) atoms. The lowest BCUT2D eigenvalue weighted by Crippen LogP contribution is -2.56. The molecule has 0 radical (unpaired) electrons. The average molecular weight is 346 g/mol. The minimum absolute atomic E-state index is 0.00486. The van der Waals surface area contributed by atoms with Gasteiger partial charge in [-0.2, -0.15) is 0 Å². The first-order valence-electron chi connectivity index (χ1n) is 6.88. The van der Waals surface area contributed by atoms with Gasteiger partial charge in [-0.05, 0) is 18.2 Å². The van der Waals surface area contributed by atoms with Crippen LogP contribution in [-0.2, 0) is 9.59 Å². The number of hydrogen-bond donors (Lipinski definition) is 3. The number of halogens is 2. The largest absolute Gasteiger partial charge is 0.395 e. The molecule has 1 atom stereocenters. The number of carbonyl (C=O) groups excluding carboxylic acids is 2. The Kier molecular flexibility index (Phi) is 6.02. The Balaban J connectivity index is 1.95. The molecule has 1 aliphatic rings. The SMILES string of the molecule is O=C(C[C@H]1NCCN(CCO)C1=O)Nc1cc(Cl)cc(Cl)c1. The number of aliphatic hydroxyl groups is 1. The van der Waals surface area contributed by atoms with E-state index in [-0.39, 0.29) is 31.4 Å². The predicted octanol–water partition coefficient (Wildman–Crippen LogP) is 1.11. The molecule has 0 spiro atoms. The topological polar surface area (TPSA) is 81.7 Å². The van der Waals surface area contributed by atoms with E-state index in [4.69, 9.17) is 28.3 Å². The van der Waals surface area contributed by atoms with Crippen molar-refractivity contribution in [2.75, 3.05) is 31.6 Å². The van der Waals surface area contributed by atoms with Crippen LogP contribution in [0.4, 0.5) is 5.69 Å². The van der Waals surface area contributed by atoms with E-state index in [9.17, 15) is 9.59 Å². The van der Waals surface area contributed by atoms with Gasteiger partial charge in [-0.3, -0.25) is 9.59 Å². The molecule has 6 nitrogen and oxygen atoms in total. The Morgan fingerprint density at radius 2 is 2.05 bits per heavy atom. The van der Waals surface area contributed by atoms with Crippen LogP contribution in [0.15, 0.2) is 18.2 Å². The second-order valence-corrected chi connectivity index (χ2v) is 5.84. The molecule has 1 saturated heterocycles. The Labute approximate surface area is 138 Å². The number of aliphatic hydroxyl groups excluding tert-OH is 1. The first-order chi connectivity index (χ1) is 10.5. The highest BCUT2D eigenvalue weighted by atomic mass is 35.5. The molecule has 2 rings (SSSR count). The normalized spacial score (nSPS) is 18.4. The summed E-state index contributed by atoms with van der Waals surface area (Å²) in [5, 5.41) is 15.5. The zero-order valence-corrected chi connectivity index (χ0v) is 13.3. The van der Waals surface area contributed by atoms with E-state index in [0.717, 1.165) is 0 Å². The smallest absolute Gasteiger partial charge is 0.240 e. The second kappa shape index (κ2) is 7.78. The van der Waals surface area contributed by atoms with Crippen LogP contribution >= 0.6 is 23.2 Å². The molecule has 0 aliphatic carbocycles. The Bertz CT molecular complexity index is 546. The molecule has 1 aromatic carbocycles. The summed E-state index contributed by atoms with van der Waals surface area (Å²) in [5.41, 5.74) is 0.484. The molecule has 2 amide bonds. The minimum Gasteiger partial charge on any atom is -0.395 e. The van der Waals surface area contributed by atoms with E-state index in [2.05, 4.69) is 10.6 Å². The molecule has 8 heteroatoms. The summed E-state index contributed by atoms with van der Waals surface area (Å²) in [7, 11) is 0. The number of nitrogens with zero attached hydrogens (tertiary/aromatic N) is 1. The Morgan fingerprint density at radius 1 is 1.36 bits per heavy atom. The van der Waals surface area contributed by atoms with Gasteiger partial charge in [-0.15, -0.1) is 0 Å². The van der Waals surface area contributed by atoms with E-state index in [1.165, 1.54) is 0 Å². The predicted molar refractivity (Wildman–Crippen MR) is 85.2 cm³/mol. The zero-order chi connectivity index (χ0) is 16.1. The van der Waals surface area contributed by atoms with Crippen LogP contribution < -0.4 is 10.6 Å². The van der Waals surface area contributed by atoms with Crippen LogP contribution in [0.3, 0.4) is 0 Å². The van der Waals surface area contributed by atoms with Crippen molar-refractivity contribution in [1.82, 2.24) is 10.2 Å². The van der Waals surface area contributed by atoms with Crippen LogP contribution in [0, 0.1) is 0 Å². The fourth-order valence-corrected chi connectivity index (χ4v) is 2.84. The number of anilines is 1. The molecule has 0 bridgehead atoms. The molecular formula is C14H17Cl2N3O3. The summed E-state index contributed by atoms with van der Waals surface area (Å²) in [4.78, 5) is 25.7. The summed E-state index contributed by atoms with van der Waals surface area (Å²) in [6.07, 6.45) is 0.00486. The van der Waals surface area contributed by atoms with Gasteiger partial charge in [0, 0.05) is 35.4 Å². The second-order valence-electron chi connectivity index (χ2n) is 4.97. The highest BCUT2D eigenvalue weighted by Crippen LogP contribution is 2.22. The standard InChI is InChI=1S/C14H17Cl2N3O3/c15-9-5-10(16)7-11(6-9)18-13(21)8-12-14(22)19(3-4-20)2-1-17-12/h5-7,12,17,20H,1-4,8H2,(H,18,21)/t12-/m1/s1. The number of hydrogen-bond acceptors (Lipinski definition) is 4. The van der Waals surface area contributed by atoms with Crippen LogP contribution in [0.5, 0.6) is 0 Å². The number of amides is 2. The molecule has 120 valence electrons. The monoisotopic (exact) mass is 345 g/mol. The Hall–Kier alpha value is -1.34. The fourth-order valence-electron chi connectivity index (χ4n) is 2.32. The summed E-state index contributed by atoms with van der Waals surface area (Å²) >= 11 is 11.7. The van der Waals surface area contributed by atoms with E-state index in [1.807, 2.05) is 0 Å². The summed E-state index contributed by atoms with van der Waals surface area (Å²) in [6, 6.07) is 4.14.